The third-order valence-corrected chi connectivity index (χ3v) is 3.40. The standard InChI is InChI=1S/C8H12N4O5S/c1-9-18(16,17)3-2-10-7(13)5-6(8(14)15)12-4-11-5/h4,9H,2-3H2,1H3,(H,10,13)(H,11,12)(H,14,15). The average Bonchev–Trinajstić information content (AvgIpc) is 2.77. The zero-order chi connectivity index (χ0) is 13.8. The van der Waals surface area contributed by atoms with Crippen LogP contribution in [0.2, 0.25) is 0 Å². The van der Waals surface area contributed by atoms with E-state index in [1.54, 1.807) is 0 Å². The second-order valence-corrected chi connectivity index (χ2v) is 5.26. The topological polar surface area (TPSA) is 141 Å². The summed E-state index contributed by atoms with van der Waals surface area (Å²) >= 11 is 0. The Morgan fingerprint density at radius 3 is 2.72 bits per heavy atom. The first kappa shape index (κ1) is 14.1. The van der Waals surface area contributed by atoms with Gasteiger partial charge in [0.25, 0.3) is 5.91 Å². The van der Waals surface area contributed by atoms with E-state index in [-0.39, 0.29) is 23.7 Å². The molecule has 0 aromatic carbocycles. The summed E-state index contributed by atoms with van der Waals surface area (Å²) in [6.45, 7) is -0.145. The number of sulfonamides is 1. The summed E-state index contributed by atoms with van der Waals surface area (Å²) in [7, 11) is -2.16. The van der Waals surface area contributed by atoms with Crippen molar-refractivity contribution in [1.82, 2.24) is 20.0 Å². The number of carbonyl (C=O) groups is 2. The molecule has 0 bridgehead atoms. The lowest BCUT2D eigenvalue weighted by molar-refractivity contribution is 0.0685. The summed E-state index contributed by atoms with van der Waals surface area (Å²) < 4.78 is 24.2. The average molecular weight is 276 g/mol. The first-order valence-corrected chi connectivity index (χ1v) is 6.48. The number of aromatic nitrogens is 2. The predicted octanol–water partition coefficient (Wildman–Crippen LogP) is -1.61. The summed E-state index contributed by atoms with van der Waals surface area (Å²) in [4.78, 5) is 28.1. The molecule has 0 aliphatic heterocycles. The van der Waals surface area contributed by atoms with Gasteiger partial charge in [-0.05, 0) is 7.05 Å². The van der Waals surface area contributed by atoms with Gasteiger partial charge in [0.05, 0.1) is 12.1 Å². The molecule has 1 heterocycles. The third-order valence-electron chi connectivity index (χ3n) is 2.04. The molecule has 9 nitrogen and oxygen atoms in total. The van der Waals surface area contributed by atoms with E-state index in [9.17, 15) is 18.0 Å². The molecule has 4 N–H and O–H groups in total. The first-order chi connectivity index (χ1) is 8.37. The lowest BCUT2D eigenvalue weighted by atomic mass is 10.3. The Labute approximate surface area is 103 Å². The Morgan fingerprint density at radius 2 is 2.17 bits per heavy atom. The smallest absolute Gasteiger partial charge is 0.354 e. The molecule has 0 radical (unpaired) electrons. The van der Waals surface area contributed by atoms with Gasteiger partial charge < -0.3 is 15.4 Å². The van der Waals surface area contributed by atoms with E-state index in [0.717, 1.165) is 6.33 Å². The summed E-state index contributed by atoms with van der Waals surface area (Å²) in [5.74, 6) is -2.37. The van der Waals surface area contributed by atoms with Crippen LogP contribution >= 0.6 is 0 Å². The summed E-state index contributed by atoms with van der Waals surface area (Å²) in [5.41, 5.74) is -0.631. The number of amides is 1. The molecular weight excluding hydrogens is 264 g/mol. The van der Waals surface area contributed by atoms with Crippen LogP contribution in [0.25, 0.3) is 0 Å². The van der Waals surface area contributed by atoms with Gasteiger partial charge in [-0.1, -0.05) is 0 Å². The Hall–Kier alpha value is -1.94. The van der Waals surface area contributed by atoms with Gasteiger partial charge in [-0.25, -0.2) is 22.9 Å². The number of imidazole rings is 1. The first-order valence-electron chi connectivity index (χ1n) is 4.83. The van der Waals surface area contributed by atoms with Crippen LogP contribution in [0.3, 0.4) is 0 Å². The van der Waals surface area contributed by atoms with E-state index < -0.39 is 21.9 Å². The maximum atomic E-state index is 11.5. The highest BCUT2D eigenvalue weighted by molar-refractivity contribution is 7.89. The van der Waals surface area contributed by atoms with Crippen molar-refractivity contribution < 1.29 is 23.1 Å². The molecular formula is C8H12N4O5S. The van der Waals surface area contributed by atoms with Gasteiger partial charge >= 0.3 is 5.97 Å². The number of carbonyl (C=O) groups excluding carboxylic acids is 1. The molecule has 0 saturated heterocycles. The number of H-pyrrole nitrogens is 1. The van der Waals surface area contributed by atoms with Gasteiger partial charge in [0.2, 0.25) is 10.0 Å². The molecule has 1 rings (SSSR count). The van der Waals surface area contributed by atoms with E-state index in [0.29, 0.717) is 0 Å². The fourth-order valence-electron chi connectivity index (χ4n) is 1.11. The monoisotopic (exact) mass is 276 g/mol. The van der Waals surface area contributed by atoms with E-state index in [1.165, 1.54) is 7.05 Å². The third kappa shape index (κ3) is 3.53. The molecule has 10 heteroatoms. The van der Waals surface area contributed by atoms with Gasteiger partial charge in [-0.2, -0.15) is 0 Å². The minimum absolute atomic E-state index is 0.145. The largest absolute Gasteiger partial charge is 0.477 e. The second-order valence-electron chi connectivity index (χ2n) is 3.21. The Balaban J connectivity index is 2.61. The van der Waals surface area contributed by atoms with Crippen molar-refractivity contribution in [2.45, 2.75) is 0 Å². The Morgan fingerprint density at radius 1 is 1.50 bits per heavy atom. The van der Waals surface area contributed by atoms with Gasteiger partial charge in [-0.3, -0.25) is 4.79 Å². The van der Waals surface area contributed by atoms with E-state index >= 15 is 0 Å². The minimum Gasteiger partial charge on any atom is -0.477 e. The van der Waals surface area contributed by atoms with Gasteiger partial charge in [0.1, 0.15) is 0 Å². The number of rotatable bonds is 6. The van der Waals surface area contributed by atoms with Crippen LogP contribution in [0.1, 0.15) is 21.0 Å². The second kappa shape index (κ2) is 5.60. The van der Waals surface area contributed by atoms with Crippen molar-refractivity contribution in [1.29, 1.82) is 0 Å². The molecule has 18 heavy (non-hydrogen) atoms. The van der Waals surface area contributed by atoms with Crippen molar-refractivity contribution >= 4 is 21.9 Å². The molecule has 1 aromatic heterocycles. The van der Waals surface area contributed by atoms with Crippen LogP contribution in [0.5, 0.6) is 0 Å². The number of hydrogen-bond donors (Lipinski definition) is 4. The summed E-state index contributed by atoms with van der Waals surface area (Å²) in [6, 6.07) is 0. The zero-order valence-electron chi connectivity index (χ0n) is 9.43. The highest BCUT2D eigenvalue weighted by atomic mass is 32.2. The molecule has 0 unspecified atom stereocenters. The Kier molecular flexibility index (Phi) is 4.39. The number of nitrogens with zero attached hydrogens (tertiary/aromatic N) is 1. The van der Waals surface area contributed by atoms with Gasteiger partial charge in [0, 0.05) is 6.54 Å². The van der Waals surface area contributed by atoms with Crippen LogP contribution in [-0.2, 0) is 10.0 Å². The maximum Gasteiger partial charge on any atom is 0.354 e. The van der Waals surface area contributed by atoms with Gasteiger partial charge in [0.15, 0.2) is 11.4 Å². The number of aromatic amines is 1. The molecule has 0 saturated carbocycles. The summed E-state index contributed by atoms with van der Waals surface area (Å²) in [5, 5.41) is 11.0. The predicted molar refractivity (Wildman–Crippen MR) is 60.7 cm³/mol. The van der Waals surface area contributed by atoms with E-state index in [1.807, 2.05) is 0 Å². The quantitative estimate of drug-likeness (QED) is 0.492. The van der Waals surface area contributed by atoms with Crippen molar-refractivity contribution in [2.24, 2.45) is 0 Å². The number of hydrogen-bond acceptors (Lipinski definition) is 5. The molecule has 0 fully saturated rings. The van der Waals surface area contributed by atoms with Crippen LogP contribution in [0.15, 0.2) is 6.33 Å². The molecule has 100 valence electrons. The SMILES string of the molecule is CNS(=O)(=O)CCNC(=O)c1nc[nH]c1C(=O)O. The molecule has 0 aliphatic rings. The van der Waals surface area contributed by atoms with Crippen LogP contribution < -0.4 is 10.0 Å². The number of carboxylic acids is 1. The molecule has 1 aromatic rings. The lowest BCUT2D eigenvalue weighted by Crippen LogP contribution is -2.33. The molecule has 0 spiro atoms. The van der Waals surface area contributed by atoms with Crippen molar-refractivity contribution in [2.75, 3.05) is 19.3 Å². The van der Waals surface area contributed by atoms with Gasteiger partial charge in [-0.15, -0.1) is 0 Å². The normalized spacial score (nSPS) is 11.2. The maximum absolute atomic E-state index is 11.5. The lowest BCUT2D eigenvalue weighted by Gasteiger charge is -2.04. The fraction of sp³-hybridized carbons (Fsp3) is 0.375. The molecule has 0 atom stereocenters. The molecule has 0 aliphatic carbocycles. The van der Waals surface area contributed by atoms with Crippen molar-refractivity contribution in [3.05, 3.63) is 17.7 Å². The van der Waals surface area contributed by atoms with Crippen molar-refractivity contribution in [3.8, 4) is 0 Å². The van der Waals surface area contributed by atoms with Crippen LogP contribution in [-0.4, -0.2) is 54.7 Å². The fourth-order valence-corrected chi connectivity index (χ4v) is 1.69. The van der Waals surface area contributed by atoms with Crippen LogP contribution in [0.4, 0.5) is 0 Å². The summed E-state index contributed by atoms with van der Waals surface area (Å²) in [6.07, 6.45) is 1.07. The number of nitrogens with one attached hydrogen (secondary N) is 3. The van der Waals surface area contributed by atoms with E-state index in [2.05, 4.69) is 20.0 Å². The number of aromatic carboxylic acids is 1. The minimum atomic E-state index is -3.42. The highest BCUT2D eigenvalue weighted by Crippen LogP contribution is 2.02. The molecule has 1 amide bonds. The Bertz CT molecular complexity index is 550. The van der Waals surface area contributed by atoms with Crippen LogP contribution in [0, 0.1) is 0 Å². The van der Waals surface area contributed by atoms with Crippen molar-refractivity contribution in [3.63, 3.8) is 0 Å². The zero-order valence-corrected chi connectivity index (χ0v) is 10.2. The highest BCUT2D eigenvalue weighted by Gasteiger charge is 2.19. The number of carboxylic acid groups (broad SMARTS) is 1. The van der Waals surface area contributed by atoms with E-state index in [4.69, 9.17) is 5.11 Å².